The van der Waals surface area contributed by atoms with Crippen molar-refractivity contribution >= 4 is 49.8 Å². The van der Waals surface area contributed by atoms with Crippen LogP contribution in [-0.4, -0.2) is 24.5 Å². The number of halogens is 1. The third-order valence-electron chi connectivity index (χ3n) is 3.02. The van der Waals surface area contributed by atoms with Crippen LogP contribution in [0.4, 0.5) is 16.6 Å². The van der Waals surface area contributed by atoms with E-state index in [2.05, 4.69) is 26.2 Å². The molecule has 0 unspecified atom stereocenters. The number of hydrogen-bond donors (Lipinski definition) is 2. The highest BCUT2D eigenvalue weighted by Gasteiger charge is 2.18. The maximum atomic E-state index is 12.3. The molecule has 0 radical (unpaired) electrons. The monoisotopic (exact) mass is 368 g/mol. The van der Waals surface area contributed by atoms with Gasteiger partial charge in [0.05, 0.1) is 5.69 Å². The SMILES string of the molecule is CCN(C)c1nc(N)c(C(=O)Nc2ccc(C)cc2Br)s1. The van der Waals surface area contributed by atoms with Gasteiger partial charge >= 0.3 is 0 Å². The van der Waals surface area contributed by atoms with Crippen LogP contribution in [0.3, 0.4) is 0 Å². The van der Waals surface area contributed by atoms with Crippen LogP contribution in [0.1, 0.15) is 22.2 Å². The van der Waals surface area contributed by atoms with Crippen molar-refractivity contribution in [1.82, 2.24) is 4.98 Å². The highest BCUT2D eigenvalue weighted by atomic mass is 79.9. The number of benzene rings is 1. The fraction of sp³-hybridized carbons (Fsp3) is 0.286. The van der Waals surface area contributed by atoms with Gasteiger partial charge in [0, 0.05) is 18.1 Å². The van der Waals surface area contributed by atoms with Gasteiger partial charge in [0.15, 0.2) is 5.13 Å². The second-order valence-electron chi connectivity index (χ2n) is 4.66. The highest BCUT2D eigenvalue weighted by molar-refractivity contribution is 9.10. The third-order valence-corrected chi connectivity index (χ3v) is 4.86. The van der Waals surface area contributed by atoms with Crippen molar-refractivity contribution in [1.29, 1.82) is 0 Å². The molecular formula is C14H17BrN4OS. The topological polar surface area (TPSA) is 71.2 Å². The van der Waals surface area contributed by atoms with E-state index < -0.39 is 0 Å². The number of anilines is 3. The summed E-state index contributed by atoms with van der Waals surface area (Å²) >= 11 is 4.73. The number of nitrogens with one attached hydrogen (secondary N) is 1. The Morgan fingerprint density at radius 3 is 2.86 bits per heavy atom. The molecule has 1 heterocycles. The number of nitrogens with zero attached hydrogens (tertiary/aromatic N) is 2. The van der Waals surface area contributed by atoms with Crippen LogP contribution in [0.2, 0.25) is 0 Å². The zero-order chi connectivity index (χ0) is 15.6. The van der Waals surface area contributed by atoms with E-state index in [9.17, 15) is 4.79 Å². The van der Waals surface area contributed by atoms with Gasteiger partial charge in [-0.2, -0.15) is 0 Å². The lowest BCUT2D eigenvalue weighted by atomic mass is 10.2. The summed E-state index contributed by atoms with van der Waals surface area (Å²) in [7, 11) is 1.91. The average Bonchev–Trinajstić information content (AvgIpc) is 2.83. The lowest BCUT2D eigenvalue weighted by molar-refractivity contribution is 0.103. The Morgan fingerprint density at radius 1 is 1.52 bits per heavy atom. The summed E-state index contributed by atoms with van der Waals surface area (Å²) in [6, 6.07) is 5.74. The molecule has 112 valence electrons. The van der Waals surface area contributed by atoms with Crippen LogP contribution in [-0.2, 0) is 0 Å². The quantitative estimate of drug-likeness (QED) is 0.865. The van der Waals surface area contributed by atoms with Gasteiger partial charge in [0.2, 0.25) is 0 Å². The van der Waals surface area contributed by atoms with Gasteiger partial charge in [-0.15, -0.1) is 0 Å². The molecule has 0 spiro atoms. The molecule has 0 aliphatic rings. The fourth-order valence-electron chi connectivity index (χ4n) is 1.68. The number of amides is 1. The first-order chi connectivity index (χ1) is 9.92. The Labute approximate surface area is 136 Å². The molecule has 7 heteroatoms. The highest BCUT2D eigenvalue weighted by Crippen LogP contribution is 2.29. The van der Waals surface area contributed by atoms with Crippen molar-refractivity contribution in [3.8, 4) is 0 Å². The van der Waals surface area contributed by atoms with Crippen molar-refractivity contribution in [2.24, 2.45) is 0 Å². The Hall–Kier alpha value is -1.60. The molecule has 1 aromatic carbocycles. The first kappa shape index (κ1) is 15.8. The second kappa shape index (κ2) is 6.44. The van der Waals surface area contributed by atoms with Crippen molar-refractivity contribution in [3.63, 3.8) is 0 Å². The van der Waals surface area contributed by atoms with Crippen LogP contribution in [0.15, 0.2) is 22.7 Å². The predicted octanol–water partition coefficient (Wildman–Crippen LogP) is 3.50. The van der Waals surface area contributed by atoms with Gasteiger partial charge in [-0.1, -0.05) is 17.4 Å². The third kappa shape index (κ3) is 3.54. The summed E-state index contributed by atoms with van der Waals surface area (Å²) in [6.45, 7) is 4.81. The molecular weight excluding hydrogens is 352 g/mol. The van der Waals surface area contributed by atoms with E-state index in [1.54, 1.807) is 0 Å². The van der Waals surface area contributed by atoms with Crippen molar-refractivity contribution < 1.29 is 4.79 Å². The van der Waals surface area contributed by atoms with E-state index in [1.807, 2.05) is 44.0 Å². The minimum atomic E-state index is -0.245. The minimum absolute atomic E-state index is 0.245. The molecule has 2 rings (SSSR count). The van der Waals surface area contributed by atoms with Gasteiger partial charge in [0.25, 0.3) is 5.91 Å². The molecule has 0 atom stereocenters. The molecule has 0 bridgehead atoms. The van der Waals surface area contributed by atoms with Crippen molar-refractivity contribution in [2.45, 2.75) is 13.8 Å². The Bertz CT molecular complexity index is 671. The summed E-state index contributed by atoms with van der Waals surface area (Å²) in [4.78, 5) is 18.9. The number of rotatable bonds is 4. The summed E-state index contributed by atoms with van der Waals surface area (Å²) in [6.07, 6.45) is 0. The van der Waals surface area contributed by atoms with Crippen LogP contribution >= 0.6 is 27.3 Å². The van der Waals surface area contributed by atoms with E-state index >= 15 is 0 Å². The lowest BCUT2D eigenvalue weighted by Crippen LogP contribution is -2.15. The van der Waals surface area contributed by atoms with E-state index in [1.165, 1.54) is 11.3 Å². The molecule has 0 fully saturated rings. The number of hydrogen-bond acceptors (Lipinski definition) is 5. The first-order valence-corrected chi connectivity index (χ1v) is 8.08. The molecule has 2 aromatic rings. The summed E-state index contributed by atoms with van der Waals surface area (Å²) < 4.78 is 0.838. The zero-order valence-corrected chi connectivity index (χ0v) is 14.5. The molecule has 0 aliphatic heterocycles. The minimum Gasteiger partial charge on any atom is -0.382 e. The number of aryl methyl sites for hydroxylation is 1. The number of nitrogens with two attached hydrogens (primary N) is 1. The van der Waals surface area contributed by atoms with E-state index in [4.69, 9.17) is 5.73 Å². The normalized spacial score (nSPS) is 10.5. The average molecular weight is 369 g/mol. The number of aromatic nitrogens is 1. The molecule has 3 N–H and O–H groups in total. The van der Waals surface area contributed by atoms with Crippen LogP contribution < -0.4 is 16.0 Å². The summed E-state index contributed by atoms with van der Waals surface area (Å²) in [5.41, 5.74) is 7.68. The van der Waals surface area contributed by atoms with Gasteiger partial charge in [-0.05, 0) is 47.5 Å². The molecule has 1 amide bonds. The molecule has 0 saturated heterocycles. The van der Waals surface area contributed by atoms with Crippen molar-refractivity contribution in [2.75, 3.05) is 29.5 Å². The summed E-state index contributed by atoms with van der Waals surface area (Å²) in [5.74, 6) is 0.0151. The Kier molecular flexibility index (Phi) is 4.84. The lowest BCUT2D eigenvalue weighted by Gasteiger charge is -2.11. The van der Waals surface area contributed by atoms with E-state index in [0.29, 0.717) is 10.6 Å². The van der Waals surface area contributed by atoms with Crippen LogP contribution in [0.25, 0.3) is 0 Å². The molecule has 0 saturated carbocycles. The maximum absolute atomic E-state index is 12.3. The zero-order valence-electron chi connectivity index (χ0n) is 12.1. The van der Waals surface area contributed by atoms with Gasteiger partial charge in [0.1, 0.15) is 10.7 Å². The first-order valence-electron chi connectivity index (χ1n) is 6.47. The van der Waals surface area contributed by atoms with Crippen LogP contribution in [0, 0.1) is 6.92 Å². The molecule has 0 aliphatic carbocycles. The number of carbonyl (C=O) groups is 1. The molecule has 1 aromatic heterocycles. The summed E-state index contributed by atoms with van der Waals surface area (Å²) in [5, 5.41) is 3.59. The van der Waals surface area contributed by atoms with E-state index in [-0.39, 0.29) is 11.7 Å². The maximum Gasteiger partial charge on any atom is 0.269 e. The predicted molar refractivity (Wildman–Crippen MR) is 92.3 cm³/mol. The fourth-order valence-corrected chi connectivity index (χ4v) is 3.18. The largest absolute Gasteiger partial charge is 0.382 e. The van der Waals surface area contributed by atoms with Crippen molar-refractivity contribution in [3.05, 3.63) is 33.1 Å². The molecule has 21 heavy (non-hydrogen) atoms. The van der Waals surface area contributed by atoms with Crippen LogP contribution in [0.5, 0.6) is 0 Å². The van der Waals surface area contributed by atoms with Gasteiger partial charge in [-0.25, -0.2) is 4.98 Å². The van der Waals surface area contributed by atoms with E-state index in [0.717, 1.165) is 21.7 Å². The molecule has 5 nitrogen and oxygen atoms in total. The Balaban J connectivity index is 2.22. The number of carbonyl (C=O) groups excluding carboxylic acids is 1. The number of nitrogen functional groups attached to an aromatic ring is 1. The van der Waals surface area contributed by atoms with Gasteiger partial charge in [-0.3, -0.25) is 4.79 Å². The number of thiazole rings is 1. The smallest absolute Gasteiger partial charge is 0.269 e. The second-order valence-corrected chi connectivity index (χ2v) is 6.49. The Morgan fingerprint density at radius 2 is 2.24 bits per heavy atom. The standard InChI is InChI=1S/C14H17BrN4OS/c1-4-19(3)14-18-12(16)11(21-14)13(20)17-10-6-5-8(2)7-9(10)15/h5-7H,4,16H2,1-3H3,(H,17,20). The van der Waals surface area contributed by atoms with Gasteiger partial charge < -0.3 is 16.0 Å².